The van der Waals surface area contributed by atoms with Crippen LogP contribution < -0.4 is 0 Å². The molecule has 0 bridgehead atoms. The quantitative estimate of drug-likeness (QED) is 0.292. The van der Waals surface area contributed by atoms with Crippen LogP contribution in [0.3, 0.4) is 0 Å². The summed E-state index contributed by atoms with van der Waals surface area (Å²) >= 11 is 7.35. The van der Waals surface area contributed by atoms with Gasteiger partial charge in [-0.15, -0.1) is 11.6 Å². The maximum absolute atomic E-state index is 15.1. The van der Waals surface area contributed by atoms with Crippen LogP contribution in [-0.4, -0.2) is 58.5 Å². The summed E-state index contributed by atoms with van der Waals surface area (Å²) in [6.07, 6.45) is 10.2. The maximum Gasteiger partial charge on any atom is 0.193 e. The third-order valence-electron chi connectivity index (χ3n) is 6.91. The molecule has 6 atom stereocenters. The fourth-order valence-corrected chi connectivity index (χ4v) is 5.78. The Labute approximate surface area is 213 Å². The molecule has 0 aromatic heterocycles. The molecule has 2 aliphatic carbocycles. The van der Waals surface area contributed by atoms with Gasteiger partial charge in [-0.05, 0) is 50.6 Å². The normalized spacial score (nSPS) is 25.2. The highest BCUT2D eigenvalue weighted by molar-refractivity contribution is 8.14. The molecule has 2 aliphatic rings. The Kier molecular flexibility index (Phi) is 12.2. The van der Waals surface area contributed by atoms with E-state index in [1.807, 2.05) is 26.0 Å². The zero-order valence-electron chi connectivity index (χ0n) is 20.8. The van der Waals surface area contributed by atoms with E-state index < -0.39 is 6.17 Å². The van der Waals surface area contributed by atoms with Crippen molar-refractivity contribution in [1.29, 1.82) is 0 Å². The van der Waals surface area contributed by atoms with Crippen LogP contribution in [-0.2, 0) is 14.4 Å². The number of nitrogens with zero attached hydrogens (tertiary/aromatic N) is 1. The minimum absolute atomic E-state index is 0.00607. The van der Waals surface area contributed by atoms with Gasteiger partial charge in [-0.2, -0.15) is 0 Å². The van der Waals surface area contributed by atoms with Gasteiger partial charge in [0.15, 0.2) is 10.9 Å². The number of thioether (sulfide) groups is 1. The van der Waals surface area contributed by atoms with Gasteiger partial charge in [-0.1, -0.05) is 62.4 Å². The highest BCUT2D eigenvalue weighted by atomic mass is 35.5. The van der Waals surface area contributed by atoms with E-state index in [4.69, 9.17) is 11.6 Å². The summed E-state index contributed by atoms with van der Waals surface area (Å²) < 4.78 is 15.1. The Balaban J connectivity index is 2.04. The van der Waals surface area contributed by atoms with E-state index in [2.05, 4.69) is 17.9 Å². The van der Waals surface area contributed by atoms with E-state index in [0.717, 1.165) is 31.3 Å². The van der Waals surface area contributed by atoms with E-state index >= 15 is 4.39 Å². The summed E-state index contributed by atoms with van der Waals surface area (Å²) in [7, 11) is 0. The predicted octanol–water partition coefficient (Wildman–Crippen LogP) is 5.80. The SMILES string of the molecule is CCN(CC1=CC=CC(Cl)C1)C[C@@H](C(=O)SCC(C)=O)C(C)CC[C@H](F)C1CC(=O)C=CC1C. The number of halogens is 2. The third kappa shape index (κ3) is 9.43. The van der Waals surface area contributed by atoms with Crippen LogP contribution in [0, 0.1) is 23.7 Å². The molecule has 7 heteroatoms. The van der Waals surface area contributed by atoms with Crippen molar-refractivity contribution in [1.82, 2.24) is 4.90 Å². The molecule has 2 rings (SSSR count). The van der Waals surface area contributed by atoms with Crippen LogP contribution in [0.2, 0.25) is 0 Å². The molecule has 0 spiro atoms. The van der Waals surface area contributed by atoms with Gasteiger partial charge in [0.2, 0.25) is 0 Å². The second-order valence-corrected chi connectivity index (χ2v) is 11.3. The Morgan fingerprint density at radius 2 is 2.00 bits per heavy atom. The van der Waals surface area contributed by atoms with Gasteiger partial charge in [0.1, 0.15) is 12.0 Å². The van der Waals surface area contributed by atoms with Crippen LogP contribution in [0.4, 0.5) is 4.39 Å². The molecule has 0 aromatic carbocycles. The Morgan fingerprint density at radius 1 is 1.26 bits per heavy atom. The number of carbonyl (C=O) groups is 3. The molecule has 190 valence electrons. The summed E-state index contributed by atoms with van der Waals surface area (Å²) in [6.45, 7) is 9.58. The number of Topliss-reactive ketones (excluding diaryl/α,β-unsaturated/α-hetero) is 1. The Bertz CT molecular complexity index is 812. The summed E-state index contributed by atoms with van der Waals surface area (Å²) in [6, 6.07) is 0. The summed E-state index contributed by atoms with van der Waals surface area (Å²) in [5.74, 6) is -0.482. The average molecular weight is 512 g/mol. The van der Waals surface area contributed by atoms with Crippen LogP contribution in [0.5, 0.6) is 0 Å². The van der Waals surface area contributed by atoms with E-state index in [0.29, 0.717) is 19.4 Å². The summed E-state index contributed by atoms with van der Waals surface area (Å²) in [4.78, 5) is 38.6. The molecule has 4 unspecified atom stereocenters. The van der Waals surface area contributed by atoms with Crippen LogP contribution in [0.1, 0.15) is 53.4 Å². The van der Waals surface area contributed by atoms with Crippen molar-refractivity contribution in [2.24, 2.45) is 23.7 Å². The standard InChI is InChI=1S/C27H39ClFNO3S/c1-5-30(15-21-7-6-8-22(28)13-21)16-25(27(33)34-17-20(4)31)19(3)10-12-26(29)24-14-23(32)11-9-18(24)2/h6-9,11,18-19,22,24-26H,5,10,12-17H2,1-4H3/t18?,19?,22?,24?,25-,26+/m1/s1. The highest BCUT2D eigenvalue weighted by Crippen LogP contribution is 2.33. The molecule has 0 saturated heterocycles. The fraction of sp³-hybridized carbons (Fsp3) is 0.667. The van der Waals surface area contributed by atoms with E-state index in [-0.39, 0.29) is 57.9 Å². The Hall–Kier alpha value is -1.24. The minimum atomic E-state index is -1.07. The van der Waals surface area contributed by atoms with Gasteiger partial charge in [0.05, 0.1) is 11.1 Å². The molecule has 0 aromatic rings. The van der Waals surface area contributed by atoms with Gasteiger partial charge >= 0.3 is 0 Å². The van der Waals surface area contributed by atoms with Crippen molar-refractivity contribution >= 4 is 40.0 Å². The number of rotatable bonds is 13. The van der Waals surface area contributed by atoms with Gasteiger partial charge in [-0.25, -0.2) is 4.39 Å². The lowest BCUT2D eigenvalue weighted by molar-refractivity contribution is -0.117. The first-order valence-electron chi connectivity index (χ1n) is 12.3. The number of allylic oxidation sites excluding steroid dienone is 5. The molecule has 0 aliphatic heterocycles. The lowest BCUT2D eigenvalue weighted by atomic mass is 9.79. The van der Waals surface area contributed by atoms with Gasteiger partial charge < -0.3 is 0 Å². The summed E-state index contributed by atoms with van der Waals surface area (Å²) in [5.41, 5.74) is 1.23. The molecule has 0 radical (unpaired) electrons. The van der Waals surface area contributed by atoms with Gasteiger partial charge in [-0.3, -0.25) is 19.3 Å². The second kappa shape index (κ2) is 14.4. The molecule has 4 nitrogen and oxygen atoms in total. The van der Waals surface area contributed by atoms with Crippen LogP contribution in [0.15, 0.2) is 36.0 Å². The van der Waals surface area contributed by atoms with E-state index in [1.165, 1.54) is 12.5 Å². The van der Waals surface area contributed by atoms with Crippen molar-refractivity contribution < 1.29 is 18.8 Å². The van der Waals surface area contributed by atoms with Crippen molar-refractivity contribution in [2.75, 3.05) is 25.4 Å². The monoisotopic (exact) mass is 511 g/mol. The van der Waals surface area contributed by atoms with Crippen LogP contribution in [0.25, 0.3) is 0 Å². The van der Waals surface area contributed by atoms with Gasteiger partial charge in [0, 0.05) is 31.3 Å². The first kappa shape index (κ1) is 29.0. The molecule has 0 saturated carbocycles. The number of likely N-dealkylation sites (N-methyl/N-ethyl adjacent to an activating group) is 1. The molecule has 34 heavy (non-hydrogen) atoms. The highest BCUT2D eigenvalue weighted by Gasteiger charge is 2.33. The average Bonchev–Trinajstić information content (AvgIpc) is 2.79. The number of hydrogen-bond donors (Lipinski definition) is 0. The first-order chi connectivity index (χ1) is 16.1. The van der Waals surface area contributed by atoms with Crippen molar-refractivity contribution in [3.05, 3.63) is 36.0 Å². The molecule has 0 heterocycles. The van der Waals surface area contributed by atoms with E-state index in [9.17, 15) is 14.4 Å². The third-order valence-corrected chi connectivity index (χ3v) is 8.34. The van der Waals surface area contributed by atoms with Gasteiger partial charge in [0.25, 0.3) is 0 Å². The smallest absolute Gasteiger partial charge is 0.193 e. The molecule has 0 N–H and O–H groups in total. The largest absolute Gasteiger partial charge is 0.299 e. The zero-order valence-corrected chi connectivity index (χ0v) is 22.4. The Morgan fingerprint density at radius 3 is 2.65 bits per heavy atom. The topological polar surface area (TPSA) is 54.5 Å². The second-order valence-electron chi connectivity index (χ2n) is 9.80. The number of ketones is 2. The fourth-order valence-electron chi connectivity index (χ4n) is 4.64. The zero-order chi connectivity index (χ0) is 25.3. The molecular formula is C27H39ClFNO3S. The van der Waals surface area contributed by atoms with Crippen molar-refractivity contribution in [3.63, 3.8) is 0 Å². The minimum Gasteiger partial charge on any atom is -0.299 e. The lowest BCUT2D eigenvalue weighted by Gasteiger charge is -2.32. The first-order valence-corrected chi connectivity index (χ1v) is 13.8. The molecule has 0 fully saturated rings. The van der Waals surface area contributed by atoms with E-state index in [1.54, 1.807) is 12.2 Å². The van der Waals surface area contributed by atoms with Crippen molar-refractivity contribution in [3.8, 4) is 0 Å². The van der Waals surface area contributed by atoms with Crippen molar-refractivity contribution in [2.45, 2.75) is 64.9 Å². The predicted molar refractivity (Wildman–Crippen MR) is 140 cm³/mol. The number of hydrogen-bond acceptors (Lipinski definition) is 5. The summed E-state index contributed by atoms with van der Waals surface area (Å²) in [5, 5.41) is -0.0139. The van der Waals surface area contributed by atoms with Crippen LogP contribution >= 0.6 is 23.4 Å². The lowest BCUT2D eigenvalue weighted by Crippen LogP contribution is -2.37. The number of carbonyl (C=O) groups excluding carboxylic acids is 3. The molecule has 0 amide bonds. The molecular weight excluding hydrogens is 473 g/mol. The number of alkyl halides is 2. The maximum atomic E-state index is 15.1.